The van der Waals surface area contributed by atoms with Crippen molar-refractivity contribution in [3.63, 3.8) is 0 Å². The van der Waals surface area contributed by atoms with Gasteiger partial charge in [0, 0.05) is 20.1 Å². The van der Waals surface area contributed by atoms with Crippen molar-refractivity contribution >= 4 is 11.9 Å². The smallest absolute Gasteiger partial charge is 0.360 e. The minimum Gasteiger partial charge on any atom is -0.464 e. The second kappa shape index (κ2) is 9.06. The number of hydrogen-bond acceptors (Lipinski definition) is 6. The SMILES string of the molecule is CCCCNC(=O)Cn1nnc(C(=O)OC)c1CCOC. The number of carbonyl (C=O) groups is 2. The highest BCUT2D eigenvalue weighted by Gasteiger charge is 2.21. The molecule has 0 unspecified atom stereocenters. The van der Waals surface area contributed by atoms with Crippen LogP contribution in [-0.4, -0.2) is 54.2 Å². The largest absolute Gasteiger partial charge is 0.464 e. The first-order valence-electron chi connectivity index (χ1n) is 6.90. The maximum atomic E-state index is 11.8. The molecule has 1 aromatic rings. The first-order valence-corrected chi connectivity index (χ1v) is 6.90. The molecule has 0 saturated carbocycles. The minimum absolute atomic E-state index is 0.0206. The van der Waals surface area contributed by atoms with Gasteiger partial charge in [0.2, 0.25) is 5.91 Å². The van der Waals surface area contributed by atoms with Gasteiger partial charge in [-0.3, -0.25) is 4.79 Å². The van der Waals surface area contributed by atoms with E-state index in [1.807, 2.05) is 0 Å². The van der Waals surface area contributed by atoms with Gasteiger partial charge in [0.15, 0.2) is 5.69 Å². The summed E-state index contributed by atoms with van der Waals surface area (Å²) in [6, 6.07) is 0. The molecule has 0 radical (unpaired) electrons. The Labute approximate surface area is 123 Å². The highest BCUT2D eigenvalue weighted by molar-refractivity contribution is 5.88. The summed E-state index contributed by atoms with van der Waals surface area (Å²) in [5, 5.41) is 10.4. The molecule has 0 aliphatic carbocycles. The van der Waals surface area contributed by atoms with Crippen molar-refractivity contribution in [2.45, 2.75) is 32.7 Å². The molecule has 1 heterocycles. The number of nitrogens with one attached hydrogen (secondary N) is 1. The zero-order chi connectivity index (χ0) is 15.7. The second-order valence-corrected chi connectivity index (χ2v) is 4.48. The molecule has 1 aromatic heterocycles. The maximum Gasteiger partial charge on any atom is 0.360 e. The standard InChI is InChI=1S/C13H22N4O4/c1-4-5-7-14-11(18)9-17-10(6-8-20-2)12(15-16-17)13(19)21-3/h4-9H2,1-3H3,(H,14,18). The number of nitrogens with zero attached hydrogens (tertiary/aromatic N) is 3. The number of ether oxygens (including phenoxy) is 2. The molecule has 8 heteroatoms. The first kappa shape index (κ1) is 17.1. The summed E-state index contributed by atoms with van der Waals surface area (Å²) < 4.78 is 11.1. The molecule has 0 spiro atoms. The van der Waals surface area contributed by atoms with E-state index < -0.39 is 5.97 Å². The Balaban J connectivity index is 2.78. The minimum atomic E-state index is -0.571. The van der Waals surface area contributed by atoms with Gasteiger partial charge in [0.1, 0.15) is 6.54 Å². The Hall–Kier alpha value is -1.96. The Morgan fingerprint density at radius 1 is 1.33 bits per heavy atom. The molecule has 118 valence electrons. The third-order valence-electron chi connectivity index (χ3n) is 2.91. The summed E-state index contributed by atoms with van der Waals surface area (Å²) in [5.41, 5.74) is 0.658. The van der Waals surface area contributed by atoms with E-state index >= 15 is 0 Å². The lowest BCUT2D eigenvalue weighted by atomic mass is 10.2. The zero-order valence-electron chi connectivity index (χ0n) is 12.7. The van der Waals surface area contributed by atoms with Crippen molar-refractivity contribution in [3.05, 3.63) is 11.4 Å². The lowest BCUT2D eigenvalue weighted by Gasteiger charge is -2.08. The first-order chi connectivity index (χ1) is 10.1. The van der Waals surface area contributed by atoms with Crippen molar-refractivity contribution in [1.29, 1.82) is 0 Å². The van der Waals surface area contributed by atoms with Gasteiger partial charge in [-0.15, -0.1) is 5.10 Å². The molecule has 0 fully saturated rings. The summed E-state index contributed by atoms with van der Waals surface area (Å²) in [5.74, 6) is -0.734. The second-order valence-electron chi connectivity index (χ2n) is 4.48. The van der Waals surface area contributed by atoms with Crippen molar-refractivity contribution in [2.75, 3.05) is 27.4 Å². The van der Waals surface area contributed by atoms with E-state index in [9.17, 15) is 9.59 Å². The van der Waals surface area contributed by atoms with Crippen LogP contribution in [0.2, 0.25) is 0 Å². The van der Waals surface area contributed by atoms with Gasteiger partial charge >= 0.3 is 5.97 Å². The van der Waals surface area contributed by atoms with Crippen LogP contribution >= 0.6 is 0 Å². The van der Waals surface area contributed by atoms with Crippen LogP contribution in [0.3, 0.4) is 0 Å². The van der Waals surface area contributed by atoms with Crippen LogP contribution in [-0.2, 0) is 27.2 Å². The number of rotatable bonds is 9. The molecule has 0 atom stereocenters. The summed E-state index contributed by atoms with van der Waals surface area (Å²) in [6.45, 7) is 3.10. The number of methoxy groups -OCH3 is 2. The molecule has 21 heavy (non-hydrogen) atoms. The quantitative estimate of drug-likeness (QED) is 0.516. The van der Waals surface area contributed by atoms with E-state index in [2.05, 4.69) is 27.3 Å². The highest BCUT2D eigenvalue weighted by Crippen LogP contribution is 2.08. The van der Waals surface area contributed by atoms with Gasteiger partial charge in [-0.2, -0.15) is 0 Å². The summed E-state index contributed by atoms with van der Waals surface area (Å²) >= 11 is 0. The van der Waals surface area contributed by atoms with Crippen molar-refractivity contribution in [1.82, 2.24) is 20.3 Å². The lowest BCUT2D eigenvalue weighted by Crippen LogP contribution is -2.29. The van der Waals surface area contributed by atoms with Crippen LogP contribution in [0.5, 0.6) is 0 Å². The number of unbranched alkanes of at least 4 members (excludes halogenated alkanes) is 1. The molecule has 1 N–H and O–H groups in total. The van der Waals surface area contributed by atoms with E-state index in [1.165, 1.54) is 11.8 Å². The molecule has 0 aliphatic rings. The Bertz CT molecular complexity index is 473. The van der Waals surface area contributed by atoms with Crippen molar-refractivity contribution < 1.29 is 19.1 Å². The molecular weight excluding hydrogens is 276 g/mol. The predicted molar refractivity (Wildman–Crippen MR) is 74.9 cm³/mol. The normalized spacial score (nSPS) is 10.4. The Morgan fingerprint density at radius 2 is 2.10 bits per heavy atom. The van der Waals surface area contributed by atoms with Crippen LogP contribution in [0.4, 0.5) is 0 Å². The van der Waals surface area contributed by atoms with Crippen molar-refractivity contribution in [2.24, 2.45) is 0 Å². The molecule has 1 amide bonds. The zero-order valence-corrected chi connectivity index (χ0v) is 12.7. The van der Waals surface area contributed by atoms with Crippen LogP contribution in [0.1, 0.15) is 35.9 Å². The van der Waals surface area contributed by atoms with E-state index in [-0.39, 0.29) is 18.1 Å². The summed E-state index contributed by atoms with van der Waals surface area (Å²) in [4.78, 5) is 23.4. The van der Waals surface area contributed by atoms with Gasteiger partial charge in [-0.25, -0.2) is 9.48 Å². The number of hydrogen-bond donors (Lipinski definition) is 1. The molecular formula is C13H22N4O4. The van der Waals surface area contributed by atoms with Crippen LogP contribution in [0.15, 0.2) is 0 Å². The summed E-state index contributed by atoms with van der Waals surface area (Å²) in [6.07, 6.45) is 2.36. The molecule has 1 rings (SSSR count). The molecule has 0 aliphatic heterocycles. The fourth-order valence-electron chi connectivity index (χ4n) is 1.76. The third kappa shape index (κ3) is 5.14. The molecule has 0 saturated heterocycles. The van der Waals surface area contributed by atoms with Crippen LogP contribution in [0.25, 0.3) is 0 Å². The monoisotopic (exact) mass is 298 g/mol. The van der Waals surface area contributed by atoms with Crippen molar-refractivity contribution in [3.8, 4) is 0 Å². The van der Waals surface area contributed by atoms with E-state index in [1.54, 1.807) is 7.11 Å². The molecule has 0 aromatic carbocycles. The van der Waals surface area contributed by atoms with Gasteiger partial charge in [-0.05, 0) is 6.42 Å². The topological polar surface area (TPSA) is 95.3 Å². The Kier molecular flexibility index (Phi) is 7.38. The number of amides is 1. The van der Waals surface area contributed by atoms with E-state index in [4.69, 9.17) is 4.74 Å². The van der Waals surface area contributed by atoms with Crippen LogP contribution in [0, 0.1) is 0 Å². The third-order valence-corrected chi connectivity index (χ3v) is 2.91. The lowest BCUT2D eigenvalue weighted by molar-refractivity contribution is -0.121. The van der Waals surface area contributed by atoms with E-state index in [0.717, 1.165) is 12.8 Å². The number of esters is 1. The van der Waals surface area contributed by atoms with Gasteiger partial charge in [0.25, 0.3) is 0 Å². The van der Waals surface area contributed by atoms with Crippen LogP contribution < -0.4 is 5.32 Å². The fourth-order valence-corrected chi connectivity index (χ4v) is 1.76. The fraction of sp³-hybridized carbons (Fsp3) is 0.692. The van der Waals surface area contributed by atoms with Gasteiger partial charge in [0.05, 0.1) is 19.4 Å². The van der Waals surface area contributed by atoms with Gasteiger partial charge < -0.3 is 14.8 Å². The molecule has 8 nitrogen and oxygen atoms in total. The highest BCUT2D eigenvalue weighted by atomic mass is 16.5. The number of carbonyl (C=O) groups excluding carboxylic acids is 2. The maximum absolute atomic E-state index is 11.8. The van der Waals surface area contributed by atoms with E-state index in [0.29, 0.717) is 25.3 Å². The van der Waals surface area contributed by atoms with Gasteiger partial charge in [-0.1, -0.05) is 18.6 Å². The number of aromatic nitrogens is 3. The predicted octanol–water partition coefficient (Wildman–Crippen LogP) is 0.170. The average Bonchev–Trinajstić information content (AvgIpc) is 2.87. The molecule has 0 bridgehead atoms. The summed E-state index contributed by atoms with van der Waals surface area (Å²) in [7, 11) is 2.84. The average molecular weight is 298 g/mol. The Morgan fingerprint density at radius 3 is 2.71 bits per heavy atom.